The predicted molar refractivity (Wildman–Crippen MR) is 75.4 cm³/mol. The zero-order valence-corrected chi connectivity index (χ0v) is 11.0. The van der Waals surface area contributed by atoms with Crippen LogP contribution in [0.4, 0.5) is 0 Å². The van der Waals surface area contributed by atoms with Crippen molar-refractivity contribution in [3.63, 3.8) is 0 Å². The van der Waals surface area contributed by atoms with E-state index < -0.39 is 0 Å². The van der Waals surface area contributed by atoms with Crippen LogP contribution in [0.2, 0.25) is 0 Å². The second-order valence-electron chi connectivity index (χ2n) is 3.99. The molecule has 0 saturated heterocycles. The number of nitrogens with zero attached hydrogens (tertiary/aromatic N) is 2. The maximum atomic E-state index is 7.87. The Kier molecular flexibility index (Phi) is 4.07. The molecular formula is C14H16N4O. The van der Waals surface area contributed by atoms with Crippen LogP contribution in [0.1, 0.15) is 23.9 Å². The summed E-state index contributed by atoms with van der Waals surface area (Å²) in [6.45, 7) is 2.09. The van der Waals surface area contributed by atoms with Gasteiger partial charge in [-0.3, -0.25) is 5.41 Å². The molecule has 0 radical (unpaired) electrons. The largest absolute Gasteiger partial charge is 0.481 e. The zero-order valence-electron chi connectivity index (χ0n) is 11.0. The van der Waals surface area contributed by atoms with Gasteiger partial charge in [0.2, 0.25) is 5.88 Å². The number of rotatable bonds is 4. The van der Waals surface area contributed by atoms with Crippen LogP contribution >= 0.6 is 0 Å². The topological polar surface area (TPSA) is 74.1 Å². The Labute approximate surface area is 111 Å². The highest BCUT2D eigenvalue weighted by Gasteiger charge is 2.02. The number of aliphatic imine (C=N–C) groups is 1. The number of nitrogens with one attached hydrogen (secondary N) is 2. The molecule has 0 atom stereocenters. The van der Waals surface area contributed by atoms with Crippen molar-refractivity contribution in [3.05, 3.63) is 47.4 Å². The number of pyridine rings is 1. The van der Waals surface area contributed by atoms with Gasteiger partial charge in [0.15, 0.2) is 5.84 Å². The number of hydrogen-bond donors (Lipinski definition) is 2. The van der Waals surface area contributed by atoms with E-state index in [-0.39, 0.29) is 5.84 Å². The van der Waals surface area contributed by atoms with Gasteiger partial charge in [0.1, 0.15) is 5.69 Å². The van der Waals surface area contributed by atoms with Crippen LogP contribution in [-0.2, 0) is 6.42 Å². The number of hydrogen-bond acceptors (Lipinski definition) is 3. The van der Waals surface area contributed by atoms with E-state index in [2.05, 4.69) is 21.9 Å². The summed E-state index contributed by atoms with van der Waals surface area (Å²) in [4.78, 5) is 11.3. The van der Waals surface area contributed by atoms with Crippen molar-refractivity contribution in [1.82, 2.24) is 9.97 Å². The Bertz CT molecular complexity index is 601. The molecule has 2 N–H and O–H groups in total. The molecule has 0 fully saturated rings. The molecule has 2 heterocycles. The van der Waals surface area contributed by atoms with Gasteiger partial charge in [-0.2, -0.15) is 0 Å². The van der Waals surface area contributed by atoms with Gasteiger partial charge in [0, 0.05) is 12.3 Å². The molecular weight excluding hydrogens is 240 g/mol. The lowest BCUT2D eigenvalue weighted by atomic mass is 10.2. The normalized spacial score (nSPS) is 10.8. The third-order valence-corrected chi connectivity index (χ3v) is 2.68. The molecule has 2 aromatic heterocycles. The van der Waals surface area contributed by atoms with E-state index in [1.807, 2.05) is 12.3 Å². The van der Waals surface area contributed by atoms with Crippen molar-refractivity contribution in [2.75, 3.05) is 7.11 Å². The first kappa shape index (κ1) is 13.0. The monoisotopic (exact) mass is 256 g/mol. The molecule has 0 bridgehead atoms. The highest BCUT2D eigenvalue weighted by Crippen LogP contribution is 2.08. The molecule has 0 aromatic carbocycles. The summed E-state index contributed by atoms with van der Waals surface area (Å²) in [5, 5.41) is 7.87. The summed E-state index contributed by atoms with van der Waals surface area (Å²) in [6, 6.07) is 7.26. The Morgan fingerprint density at radius 3 is 3.05 bits per heavy atom. The molecule has 0 spiro atoms. The minimum atomic E-state index is 0.103. The van der Waals surface area contributed by atoms with Gasteiger partial charge in [0.25, 0.3) is 0 Å². The summed E-state index contributed by atoms with van der Waals surface area (Å²) in [7, 11) is 1.55. The minimum Gasteiger partial charge on any atom is -0.481 e. The summed E-state index contributed by atoms with van der Waals surface area (Å²) in [5.74, 6) is 0.581. The first-order chi connectivity index (χ1) is 9.22. The van der Waals surface area contributed by atoms with Gasteiger partial charge in [0.05, 0.1) is 19.0 Å². The van der Waals surface area contributed by atoms with Gasteiger partial charge in [-0.05, 0) is 24.1 Å². The third-order valence-electron chi connectivity index (χ3n) is 2.68. The Morgan fingerprint density at radius 2 is 2.37 bits per heavy atom. The van der Waals surface area contributed by atoms with Crippen LogP contribution in [0.5, 0.6) is 5.88 Å². The van der Waals surface area contributed by atoms with Gasteiger partial charge in [-0.25, -0.2) is 9.98 Å². The lowest BCUT2D eigenvalue weighted by Crippen LogP contribution is -2.01. The SMILES string of the molecule is CCc1c[nH]c(C=NC(=N)c2cccc(OC)n2)c1. The van der Waals surface area contributed by atoms with Crippen molar-refractivity contribution < 1.29 is 4.74 Å². The van der Waals surface area contributed by atoms with E-state index in [4.69, 9.17) is 10.1 Å². The number of methoxy groups -OCH3 is 1. The van der Waals surface area contributed by atoms with E-state index in [1.165, 1.54) is 5.56 Å². The average Bonchev–Trinajstić information content (AvgIpc) is 2.93. The molecule has 0 aliphatic carbocycles. The van der Waals surface area contributed by atoms with Crippen LogP contribution in [0.15, 0.2) is 35.5 Å². The van der Waals surface area contributed by atoms with Crippen molar-refractivity contribution in [2.45, 2.75) is 13.3 Å². The van der Waals surface area contributed by atoms with Crippen LogP contribution in [0.3, 0.4) is 0 Å². The van der Waals surface area contributed by atoms with E-state index in [0.717, 1.165) is 12.1 Å². The first-order valence-electron chi connectivity index (χ1n) is 6.04. The van der Waals surface area contributed by atoms with Gasteiger partial charge in [-0.1, -0.05) is 13.0 Å². The highest BCUT2D eigenvalue weighted by atomic mass is 16.5. The Balaban J connectivity index is 2.11. The smallest absolute Gasteiger partial charge is 0.213 e. The van der Waals surface area contributed by atoms with Crippen molar-refractivity contribution >= 4 is 12.1 Å². The first-order valence-corrected chi connectivity index (χ1v) is 6.04. The molecule has 19 heavy (non-hydrogen) atoms. The Morgan fingerprint density at radius 1 is 1.53 bits per heavy atom. The van der Waals surface area contributed by atoms with Gasteiger partial charge in [-0.15, -0.1) is 0 Å². The van der Waals surface area contributed by atoms with Crippen molar-refractivity contribution in [3.8, 4) is 5.88 Å². The van der Waals surface area contributed by atoms with E-state index >= 15 is 0 Å². The maximum absolute atomic E-state index is 7.87. The molecule has 0 amide bonds. The lowest BCUT2D eigenvalue weighted by molar-refractivity contribution is 0.397. The van der Waals surface area contributed by atoms with Crippen LogP contribution < -0.4 is 4.74 Å². The molecule has 98 valence electrons. The van der Waals surface area contributed by atoms with E-state index in [0.29, 0.717) is 11.6 Å². The Hall–Kier alpha value is -2.43. The fourth-order valence-corrected chi connectivity index (χ4v) is 1.60. The number of aryl methyl sites for hydroxylation is 1. The van der Waals surface area contributed by atoms with Gasteiger partial charge >= 0.3 is 0 Å². The average molecular weight is 256 g/mol. The van der Waals surface area contributed by atoms with Gasteiger partial charge < -0.3 is 9.72 Å². The quantitative estimate of drug-likeness (QED) is 0.651. The lowest BCUT2D eigenvalue weighted by Gasteiger charge is -2.00. The summed E-state index contributed by atoms with van der Waals surface area (Å²) in [6.07, 6.45) is 4.54. The number of aromatic nitrogens is 2. The zero-order chi connectivity index (χ0) is 13.7. The summed E-state index contributed by atoms with van der Waals surface area (Å²) < 4.78 is 5.02. The molecule has 5 nitrogen and oxygen atoms in total. The predicted octanol–water partition coefficient (Wildman–Crippen LogP) is 2.43. The molecule has 0 saturated carbocycles. The van der Waals surface area contributed by atoms with Crippen LogP contribution in [-0.4, -0.2) is 29.1 Å². The van der Waals surface area contributed by atoms with Crippen LogP contribution in [0, 0.1) is 5.41 Å². The van der Waals surface area contributed by atoms with Crippen molar-refractivity contribution in [2.24, 2.45) is 4.99 Å². The molecule has 5 heteroatoms. The molecule has 2 rings (SSSR count). The number of H-pyrrole nitrogens is 1. The molecule has 0 aliphatic rings. The number of aromatic amines is 1. The maximum Gasteiger partial charge on any atom is 0.213 e. The summed E-state index contributed by atoms with van der Waals surface area (Å²) in [5.41, 5.74) is 2.58. The number of ether oxygens (including phenoxy) is 1. The standard InChI is InChI=1S/C14H16N4O/c1-3-10-7-11(16-8-10)9-17-14(15)12-5-4-6-13(18-12)19-2/h4-9,15-16H,3H2,1-2H3. The minimum absolute atomic E-state index is 0.103. The molecule has 2 aromatic rings. The summed E-state index contributed by atoms with van der Waals surface area (Å²) >= 11 is 0. The second kappa shape index (κ2) is 5.95. The van der Waals surface area contributed by atoms with Crippen molar-refractivity contribution in [1.29, 1.82) is 5.41 Å². The molecule has 0 unspecified atom stereocenters. The second-order valence-corrected chi connectivity index (χ2v) is 3.99. The molecule has 0 aliphatic heterocycles. The third kappa shape index (κ3) is 3.28. The van der Waals surface area contributed by atoms with E-state index in [1.54, 1.807) is 31.5 Å². The highest BCUT2D eigenvalue weighted by molar-refractivity contribution is 6.01. The fraction of sp³-hybridized carbons (Fsp3) is 0.214. The van der Waals surface area contributed by atoms with Crippen LogP contribution in [0.25, 0.3) is 0 Å². The fourth-order valence-electron chi connectivity index (χ4n) is 1.60. The van der Waals surface area contributed by atoms with E-state index in [9.17, 15) is 0 Å². The number of amidine groups is 1.